The van der Waals surface area contributed by atoms with Gasteiger partial charge in [0.2, 0.25) is 0 Å². The molecule has 0 fully saturated rings. The summed E-state index contributed by atoms with van der Waals surface area (Å²) in [5.41, 5.74) is 9.69. The predicted octanol–water partition coefficient (Wildman–Crippen LogP) is 3.90. The van der Waals surface area contributed by atoms with Crippen molar-refractivity contribution in [2.45, 2.75) is 13.8 Å². The number of hydrogen-bond acceptors (Lipinski definition) is 2. The van der Waals surface area contributed by atoms with Crippen LogP contribution in [0.25, 0.3) is 0 Å². The second-order valence-corrected chi connectivity index (χ2v) is 5.37. The fourth-order valence-electron chi connectivity index (χ4n) is 1.81. The minimum Gasteiger partial charge on any atom is -0.399 e. The Morgan fingerprint density at radius 1 is 1.16 bits per heavy atom. The Kier molecular flexibility index (Phi) is 3.90. The van der Waals surface area contributed by atoms with Crippen LogP contribution >= 0.6 is 15.9 Å². The van der Waals surface area contributed by atoms with Gasteiger partial charge in [0.25, 0.3) is 5.91 Å². The van der Waals surface area contributed by atoms with E-state index in [1.54, 1.807) is 12.1 Å². The molecule has 0 aliphatic carbocycles. The number of carbonyl (C=O) groups is 1. The van der Waals surface area contributed by atoms with Gasteiger partial charge in [-0.1, -0.05) is 17.7 Å². The average molecular weight is 319 g/mol. The molecule has 0 unspecified atom stereocenters. The van der Waals surface area contributed by atoms with Gasteiger partial charge in [-0.3, -0.25) is 4.79 Å². The molecule has 0 atom stereocenters. The molecule has 0 saturated carbocycles. The van der Waals surface area contributed by atoms with Crippen molar-refractivity contribution in [3.63, 3.8) is 0 Å². The topological polar surface area (TPSA) is 55.1 Å². The number of nitrogens with two attached hydrogens (primary N) is 1. The van der Waals surface area contributed by atoms with Crippen LogP contribution in [0, 0.1) is 13.8 Å². The first-order chi connectivity index (χ1) is 8.97. The van der Waals surface area contributed by atoms with Crippen molar-refractivity contribution in [3.05, 3.63) is 57.6 Å². The first kappa shape index (κ1) is 13.6. The minimum atomic E-state index is -0.132. The number of amides is 1. The summed E-state index contributed by atoms with van der Waals surface area (Å²) in [6.07, 6.45) is 0. The summed E-state index contributed by atoms with van der Waals surface area (Å²) in [6, 6.07) is 11.1. The van der Waals surface area contributed by atoms with Crippen LogP contribution in [0.15, 0.2) is 40.9 Å². The standard InChI is InChI=1S/C15H15BrN2O/c1-9-3-4-10(2)12(7-9)15(19)18-14-8-11(17)5-6-13(14)16/h3-8H,17H2,1-2H3,(H,18,19). The lowest BCUT2D eigenvalue weighted by Gasteiger charge is -2.10. The molecule has 0 spiro atoms. The van der Waals surface area contributed by atoms with Crippen molar-refractivity contribution in [1.82, 2.24) is 0 Å². The molecule has 2 aromatic carbocycles. The second kappa shape index (κ2) is 5.45. The molecule has 1 amide bonds. The number of hydrogen-bond donors (Lipinski definition) is 2. The molecule has 4 heteroatoms. The van der Waals surface area contributed by atoms with Crippen LogP contribution in [0.2, 0.25) is 0 Å². The van der Waals surface area contributed by atoms with E-state index in [1.807, 2.05) is 38.1 Å². The maximum absolute atomic E-state index is 12.3. The Balaban J connectivity index is 2.30. The highest BCUT2D eigenvalue weighted by Gasteiger charge is 2.11. The molecule has 0 heterocycles. The van der Waals surface area contributed by atoms with Crippen molar-refractivity contribution in [1.29, 1.82) is 0 Å². The molecule has 98 valence electrons. The lowest BCUT2D eigenvalue weighted by Crippen LogP contribution is -2.14. The molecule has 3 nitrogen and oxygen atoms in total. The summed E-state index contributed by atoms with van der Waals surface area (Å²) >= 11 is 3.39. The number of carbonyl (C=O) groups excluding carboxylic acids is 1. The summed E-state index contributed by atoms with van der Waals surface area (Å²) in [7, 11) is 0. The van der Waals surface area contributed by atoms with E-state index in [-0.39, 0.29) is 5.91 Å². The fourth-order valence-corrected chi connectivity index (χ4v) is 2.15. The summed E-state index contributed by atoms with van der Waals surface area (Å²) in [4.78, 5) is 12.3. The Labute approximate surface area is 121 Å². The first-order valence-corrected chi connectivity index (χ1v) is 6.70. The lowest BCUT2D eigenvalue weighted by atomic mass is 10.1. The van der Waals surface area contributed by atoms with Gasteiger partial charge in [0, 0.05) is 15.7 Å². The normalized spacial score (nSPS) is 10.3. The molecule has 19 heavy (non-hydrogen) atoms. The van der Waals surface area contributed by atoms with Gasteiger partial charge in [0.1, 0.15) is 0 Å². The van der Waals surface area contributed by atoms with Crippen LogP contribution in [0.5, 0.6) is 0 Å². The summed E-state index contributed by atoms with van der Waals surface area (Å²) in [5.74, 6) is -0.132. The van der Waals surface area contributed by atoms with Crippen molar-refractivity contribution in [2.75, 3.05) is 11.1 Å². The Hall–Kier alpha value is -1.81. The van der Waals surface area contributed by atoms with E-state index in [1.165, 1.54) is 0 Å². The number of halogens is 1. The van der Waals surface area contributed by atoms with Crippen LogP contribution in [-0.2, 0) is 0 Å². The first-order valence-electron chi connectivity index (χ1n) is 5.91. The second-order valence-electron chi connectivity index (χ2n) is 4.51. The average Bonchev–Trinajstić information content (AvgIpc) is 2.36. The number of nitrogens with one attached hydrogen (secondary N) is 1. The van der Waals surface area contributed by atoms with E-state index in [0.717, 1.165) is 15.6 Å². The highest BCUT2D eigenvalue weighted by Crippen LogP contribution is 2.25. The number of benzene rings is 2. The third-order valence-corrected chi connectivity index (χ3v) is 3.57. The Morgan fingerprint density at radius 3 is 2.63 bits per heavy atom. The van der Waals surface area contributed by atoms with Crippen molar-refractivity contribution in [2.24, 2.45) is 0 Å². The maximum Gasteiger partial charge on any atom is 0.255 e. The molecular weight excluding hydrogens is 304 g/mol. The SMILES string of the molecule is Cc1ccc(C)c(C(=O)Nc2cc(N)ccc2Br)c1. The molecule has 0 aromatic heterocycles. The van der Waals surface area contributed by atoms with Gasteiger partial charge in [-0.2, -0.15) is 0 Å². The lowest BCUT2D eigenvalue weighted by molar-refractivity contribution is 0.102. The minimum absolute atomic E-state index is 0.132. The smallest absolute Gasteiger partial charge is 0.255 e. The van der Waals surface area contributed by atoms with Gasteiger partial charge in [0.15, 0.2) is 0 Å². The van der Waals surface area contributed by atoms with E-state index in [9.17, 15) is 4.79 Å². The van der Waals surface area contributed by atoms with Gasteiger partial charge in [-0.15, -0.1) is 0 Å². The molecule has 0 aliphatic rings. The van der Waals surface area contributed by atoms with E-state index < -0.39 is 0 Å². The Bertz CT molecular complexity index is 638. The fraction of sp³-hybridized carbons (Fsp3) is 0.133. The number of rotatable bonds is 2. The highest BCUT2D eigenvalue weighted by molar-refractivity contribution is 9.10. The number of aryl methyl sites for hydroxylation is 2. The summed E-state index contributed by atoms with van der Waals surface area (Å²) < 4.78 is 0.806. The van der Waals surface area contributed by atoms with Crippen LogP contribution < -0.4 is 11.1 Å². The van der Waals surface area contributed by atoms with Gasteiger partial charge < -0.3 is 11.1 Å². The maximum atomic E-state index is 12.3. The van der Waals surface area contributed by atoms with Gasteiger partial charge in [0.05, 0.1) is 5.69 Å². The van der Waals surface area contributed by atoms with Crippen molar-refractivity contribution >= 4 is 33.2 Å². The zero-order chi connectivity index (χ0) is 14.0. The summed E-state index contributed by atoms with van der Waals surface area (Å²) in [5, 5.41) is 2.87. The van der Waals surface area contributed by atoms with Crippen molar-refractivity contribution in [3.8, 4) is 0 Å². The molecule has 2 rings (SSSR count). The van der Waals surface area contributed by atoms with E-state index >= 15 is 0 Å². The molecule has 2 aromatic rings. The molecule has 0 aliphatic heterocycles. The third-order valence-electron chi connectivity index (χ3n) is 2.88. The number of anilines is 2. The van der Waals surface area contributed by atoms with Crippen LogP contribution in [-0.4, -0.2) is 5.91 Å². The number of nitrogen functional groups attached to an aromatic ring is 1. The zero-order valence-corrected chi connectivity index (χ0v) is 12.4. The molecule has 0 saturated heterocycles. The molecule has 3 N–H and O–H groups in total. The zero-order valence-electron chi connectivity index (χ0n) is 10.8. The Morgan fingerprint density at radius 2 is 1.89 bits per heavy atom. The van der Waals surface area contributed by atoms with Gasteiger partial charge in [-0.05, 0) is 59.6 Å². The monoisotopic (exact) mass is 318 g/mol. The quantitative estimate of drug-likeness (QED) is 0.825. The van der Waals surface area contributed by atoms with Gasteiger partial charge in [-0.25, -0.2) is 0 Å². The molecule has 0 radical (unpaired) electrons. The summed E-state index contributed by atoms with van der Waals surface area (Å²) in [6.45, 7) is 3.88. The van der Waals surface area contributed by atoms with Crippen LogP contribution in [0.1, 0.15) is 21.5 Å². The van der Waals surface area contributed by atoms with Crippen LogP contribution in [0.3, 0.4) is 0 Å². The van der Waals surface area contributed by atoms with Crippen LogP contribution in [0.4, 0.5) is 11.4 Å². The molecular formula is C15H15BrN2O. The predicted molar refractivity (Wildman–Crippen MR) is 82.4 cm³/mol. The van der Waals surface area contributed by atoms with Gasteiger partial charge >= 0.3 is 0 Å². The largest absolute Gasteiger partial charge is 0.399 e. The highest BCUT2D eigenvalue weighted by atomic mass is 79.9. The van der Waals surface area contributed by atoms with E-state index in [0.29, 0.717) is 16.9 Å². The third kappa shape index (κ3) is 3.15. The van der Waals surface area contributed by atoms with E-state index in [4.69, 9.17) is 5.73 Å². The molecule has 0 bridgehead atoms. The van der Waals surface area contributed by atoms with E-state index in [2.05, 4.69) is 21.2 Å². The van der Waals surface area contributed by atoms with Crippen molar-refractivity contribution < 1.29 is 4.79 Å².